The zero-order chi connectivity index (χ0) is 9.68. The van der Waals surface area contributed by atoms with Crippen LogP contribution in [-0.2, 0) is 0 Å². The first-order valence-electron chi connectivity index (χ1n) is 4.74. The molecular weight excluding hydrogens is 165 g/mol. The van der Waals surface area contributed by atoms with E-state index in [1.54, 1.807) is 12.1 Å². The fourth-order valence-electron chi connectivity index (χ4n) is 1.34. The molecule has 13 heavy (non-hydrogen) atoms. The van der Waals surface area contributed by atoms with Crippen molar-refractivity contribution in [3.63, 3.8) is 0 Å². The maximum absolute atomic E-state index is 12.5. The fraction of sp³-hybridized carbons (Fsp3) is 0.455. The molecule has 1 N–H and O–H groups in total. The van der Waals surface area contributed by atoms with Crippen LogP contribution in [0.1, 0.15) is 26.7 Å². The van der Waals surface area contributed by atoms with Crippen LogP contribution in [0.5, 0.6) is 0 Å². The second-order valence-corrected chi connectivity index (χ2v) is 3.34. The third kappa shape index (κ3) is 3.45. The van der Waals surface area contributed by atoms with Gasteiger partial charge >= 0.3 is 0 Å². The third-order valence-corrected chi connectivity index (χ3v) is 1.98. The third-order valence-electron chi connectivity index (χ3n) is 1.98. The monoisotopic (exact) mass is 181 g/mol. The van der Waals surface area contributed by atoms with Crippen LogP contribution in [0.3, 0.4) is 0 Å². The number of hydrogen-bond acceptors (Lipinski definition) is 1. The van der Waals surface area contributed by atoms with Gasteiger partial charge in [0.1, 0.15) is 5.82 Å². The van der Waals surface area contributed by atoms with Gasteiger partial charge in [-0.15, -0.1) is 0 Å². The number of halogens is 1. The molecule has 1 rings (SSSR count). The highest BCUT2D eigenvalue weighted by molar-refractivity contribution is 5.43. The van der Waals surface area contributed by atoms with Gasteiger partial charge in [0.2, 0.25) is 0 Å². The first-order valence-corrected chi connectivity index (χ1v) is 4.74. The molecule has 0 spiro atoms. The van der Waals surface area contributed by atoms with Crippen LogP contribution >= 0.6 is 0 Å². The molecule has 0 amide bonds. The molecular formula is C11H16FN. The van der Waals surface area contributed by atoms with Gasteiger partial charge in [-0.3, -0.25) is 0 Å². The summed E-state index contributed by atoms with van der Waals surface area (Å²) in [5.41, 5.74) is 0.988. The lowest BCUT2D eigenvalue weighted by molar-refractivity contribution is 0.627. The largest absolute Gasteiger partial charge is 0.383 e. The first-order chi connectivity index (χ1) is 6.22. The summed E-state index contributed by atoms with van der Waals surface area (Å²) < 4.78 is 12.5. The van der Waals surface area contributed by atoms with Gasteiger partial charge in [0.25, 0.3) is 0 Å². The van der Waals surface area contributed by atoms with E-state index in [-0.39, 0.29) is 5.82 Å². The molecule has 0 radical (unpaired) electrons. The van der Waals surface area contributed by atoms with E-state index in [1.165, 1.54) is 12.1 Å². The van der Waals surface area contributed by atoms with Crippen LogP contribution in [0, 0.1) is 5.82 Å². The van der Waals surface area contributed by atoms with Crippen LogP contribution in [0.4, 0.5) is 10.1 Å². The summed E-state index contributed by atoms with van der Waals surface area (Å²) in [4.78, 5) is 0. The Bertz CT molecular complexity index is 243. The van der Waals surface area contributed by atoms with E-state index in [1.807, 2.05) is 0 Å². The molecule has 0 fully saturated rings. The minimum atomic E-state index is -0.186. The van der Waals surface area contributed by atoms with E-state index >= 15 is 0 Å². The van der Waals surface area contributed by atoms with Gasteiger partial charge in [-0.1, -0.05) is 13.3 Å². The highest BCUT2D eigenvalue weighted by Gasteiger charge is 1.99. The van der Waals surface area contributed by atoms with Crippen molar-refractivity contribution >= 4 is 5.69 Å². The molecule has 1 atom stereocenters. The molecule has 0 aliphatic rings. The van der Waals surface area contributed by atoms with Gasteiger partial charge in [-0.25, -0.2) is 4.39 Å². The van der Waals surface area contributed by atoms with Crippen molar-refractivity contribution in [3.05, 3.63) is 30.1 Å². The quantitative estimate of drug-likeness (QED) is 0.750. The van der Waals surface area contributed by atoms with Crippen LogP contribution in [-0.4, -0.2) is 6.04 Å². The smallest absolute Gasteiger partial charge is 0.123 e. The molecule has 1 aromatic carbocycles. The van der Waals surface area contributed by atoms with Crippen molar-refractivity contribution in [1.29, 1.82) is 0 Å². The fourth-order valence-corrected chi connectivity index (χ4v) is 1.34. The van der Waals surface area contributed by atoms with E-state index in [9.17, 15) is 4.39 Å². The van der Waals surface area contributed by atoms with Crippen molar-refractivity contribution in [2.24, 2.45) is 0 Å². The Morgan fingerprint density at radius 3 is 2.46 bits per heavy atom. The van der Waals surface area contributed by atoms with Crippen molar-refractivity contribution < 1.29 is 4.39 Å². The molecule has 0 aliphatic heterocycles. The predicted molar refractivity (Wildman–Crippen MR) is 54.4 cm³/mol. The van der Waals surface area contributed by atoms with Crippen LogP contribution in [0.15, 0.2) is 24.3 Å². The van der Waals surface area contributed by atoms with Crippen LogP contribution < -0.4 is 5.32 Å². The average molecular weight is 181 g/mol. The molecule has 0 heterocycles. The second-order valence-electron chi connectivity index (χ2n) is 3.34. The molecule has 0 unspecified atom stereocenters. The Balaban J connectivity index is 2.49. The Labute approximate surface area is 79.0 Å². The van der Waals surface area contributed by atoms with Crippen molar-refractivity contribution in [2.45, 2.75) is 32.7 Å². The molecule has 1 nitrogen and oxygen atoms in total. The van der Waals surface area contributed by atoms with E-state index in [0.29, 0.717) is 6.04 Å². The van der Waals surface area contributed by atoms with Gasteiger partial charge in [0, 0.05) is 11.7 Å². The van der Waals surface area contributed by atoms with E-state index in [0.717, 1.165) is 18.5 Å². The summed E-state index contributed by atoms with van der Waals surface area (Å²) in [5.74, 6) is -0.186. The lowest BCUT2D eigenvalue weighted by Gasteiger charge is -2.13. The van der Waals surface area contributed by atoms with Crippen LogP contribution in [0.25, 0.3) is 0 Å². The molecule has 0 saturated carbocycles. The lowest BCUT2D eigenvalue weighted by atomic mass is 10.2. The minimum Gasteiger partial charge on any atom is -0.383 e. The molecule has 0 saturated heterocycles. The van der Waals surface area contributed by atoms with Crippen molar-refractivity contribution in [2.75, 3.05) is 5.32 Å². The number of anilines is 1. The van der Waals surface area contributed by atoms with E-state index < -0.39 is 0 Å². The summed E-state index contributed by atoms with van der Waals surface area (Å²) >= 11 is 0. The number of nitrogens with one attached hydrogen (secondary N) is 1. The summed E-state index contributed by atoms with van der Waals surface area (Å²) in [6.45, 7) is 4.29. The highest BCUT2D eigenvalue weighted by Crippen LogP contribution is 2.11. The number of hydrogen-bond donors (Lipinski definition) is 1. The highest BCUT2D eigenvalue weighted by atomic mass is 19.1. The maximum Gasteiger partial charge on any atom is 0.123 e. The van der Waals surface area contributed by atoms with Gasteiger partial charge < -0.3 is 5.32 Å². The summed E-state index contributed by atoms with van der Waals surface area (Å²) in [6.07, 6.45) is 2.30. The van der Waals surface area contributed by atoms with Gasteiger partial charge in [0.05, 0.1) is 0 Å². The predicted octanol–water partition coefficient (Wildman–Crippen LogP) is 3.43. The maximum atomic E-state index is 12.5. The Hall–Kier alpha value is -1.05. The first kappa shape index (κ1) is 10.0. The van der Waals surface area contributed by atoms with Crippen molar-refractivity contribution in [3.8, 4) is 0 Å². The average Bonchev–Trinajstić information content (AvgIpc) is 2.09. The molecule has 2 heteroatoms. The Morgan fingerprint density at radius 2 is 1.92 bits per heavy atom. The molecule has 0 bridgehead atoms. The molecule has 0 aromatic heterocycles. The number of rotatable bonds is 4. The minimum absolute atomic E-state index is 0.186. The molecule has 0 aliphatic carbocycles. The summed E-state index contributed by atoms with van der Waals surface area (Å²) in [6, 6.07) is 6.93. The number of benzene rings is 1. The van der Waals surface area contributed by atoms with Crippen LogP contribution in [0.2, 0.25) is 0 Å². The van der Waals surface area contributed by atoms with E-state index in [4.69, 9.17) is 0 Å². The van der Waals surface area contributed by atoms with Gasteiger partial charge in [-0.05, 0) is 37.6 Å². The lowest BCUT2D eigenvalue weighted by Crippen LogP contribution is -2.14. The SMILES string of the molecule is CCC[C@@H](C)Nc1ccc(F)cc1. The Morgan fingerprint density at radius 1 is 1.31 bits per heavy atom. The van der Waals surface area contributed by atoms with Crippen molar-refractivity contribution in [1.82, 2.24) is 0 Å². The zero-order valence-electron chi connectivity index (χ0n) is 8.18. The van der Waals surface area contributed by atoms with Gasteiger partial charge in [-0.2, -0.15) is 0 Å². The topological polar surface area (TPSA) is 12.0 Å². The molecule has 1 aromatic rings. The summed E-state index contributed by atoms with van der Waals surface area (Å²) in [7, 11) is 0. The second kappa shape index (κ2) is 4.85. The molecule has 72 valence electrons. The van der Waals surface area contributed by atoms with Gasteiger partial charge in [0.15, 0.2) is 0 Å². The van der Waals surface area contributed by atoms with E-state index in [2.05, 4.69) is 19.2 Å². The zero-order valence-corrected chi connectivity index (χ0v) is 8.18. The summed E-state index contributed by atoms with van der Waals surface area (Å²) in [5, 5.41) is 3.30. The standard InChI is InChI=1S/C11H16FN/c1-3-4-9(2)13-11-7-5-10(12)6-8-11/h5-9,13H,3-4H2,1-2H3/t9-/m1/s1. The Kier molecular flexibility index (Phi) is 3.74. The normalized spacial score (nSPS) is 12.5.